The van der Waals surface area contributed by atoms with Gasteiger partial charge in [0.2, 0.25) is 0 Å². The fraction of sp³-hybridized carbons (Fsp3) is 0.391. The fourth-order valence-corrected chi connectivity index (χ4v) is 4.37. The van der Waals surface area contributed by atoms with Crippen molar-refractivity contribution in [2.75, 3.05) is 0 Å². The molecule has 8 heteroatoms. The summed E-state index contributed by atoms with van der Waals surface area (Å²) >= 11 is 0. The average molecular weight is 422 g/mol. The molecular weight excluding hydrogens is 394 g/mol. The van der Waals surface area contributed by atoms with E-state index >= 15 is 0 Å². The predicted molar refractivity (Wildman–Crippen MR) is 115 cm³/mol. The van der Waals surface area contributed by atoms with Gasteiger partial charge in [-0.25, -0.2) is 4.68 Å². The summed E-state index contributed by atoms with van der Waals surface area (Å²) in [5.74, 6) is -0.929. The van der Waals surface area contributed by atoms with Gasteiger partial charge >= 0.3 is 5.97 Å². The van der Waals surface area contributed by atoms with Crippen LogP contribution in [0.4, 0.5) is 0 Å². The third-order valence-electron chi connectivity index (χ3n) is 6.09. The van der Waals surface area contributed by atoms with Crippen molar-refractivity contribution < 1.29 is 14.7 Å². The lowest BCUT2D eigenvalue weighted by Gasteiger charge is -2.23. The Bertz CT molecular complexity index is 1130. The Hall–Kier alpha value is -3.42. The lowest BCUT2D eigenvalue weighted by molar-refractivity contribution is -0.136. The number of hydrogen-bond acceptors (Lipinski definition) is 4. The van der Waals surface area contributed by atoms with Crippen molar-refractivity contribution in [1.82, 2.24) is 24.9 Å². The van der Waals surface area contributed by atoms with E-state index in [-0.39, 0.29) is 18.4 Å². The van der Waals surface area contributed by atoms with E-state index in [2.05, 4.69) is 15.5 Å². The van der Waals surface area contributed by atoms with Crippen molar-refractivity contribution in [3.8, 4) is 5.69 Å². The van der Waals surface area contributed by atoms with Crippen LogP contribution >= 0.6 is 0 Å². The lowest BCUT2D eigenvalue weighted by Crippen LogP contribution is -2.30. The van der Waals surface area contributed by atoms with Gasteiger partial charge in [0, 0.05) is 36.0 Å². The standard InChI is InChI=1S/C23H27N5O3/c1-14-18(11-12-22(29)30)15(2)28(26-14)17-9-7-16(8-10-17)23(31)25-20-5-4-6-21-19(20)13-24-27(21)3/h7-10,13,20H,4-6,11-12H2,1-3H3,(H,25,31)(H,29,30)/t20-/m1/s1. The van der Waals surface area contributed by atoms with Crippen LogP contribution in [0.25, 0.3) is 5.69 Å². The number of amides is 1. The number of nitrogens with one attached hydrogen (secondary N) is 1. The van der Waals surface area contributed by atoms with Crippen LogP contribution in [0.2, 0.25) is 0 Å². The maximum Gasteiger partial charge on any atom is 0.303 e. The molecule has 0 bridgehead atoms. The molecule has 0 aliphatic heterocycles. The molecule has 1 aliphatic carbocycles. The minimum Gasteiger partial charge on any atom is -0.481 e. The van der Waals surface area contributed by atoms with Gasteiger partial charge in [-0.15, -0.1) is 0 Å². The average Bonchev–Trinajstić information content (AvgIpc) is 3.26. The maximum atomic E-state index is 12.8. The minimum absolute atomic E-state index is 0.0163. The number of rotatable bonds is 6. The first-order chi connectivity index (χ1) is 14.8. The zero-order chi connectivity index (χ0) is 22.1. The second kappa shape index (κ2) is 8.37. The number of fused-ring (bicyclic) bond motifs is 1. The van der Waals surface area contributed by atoms with E-state index in [1.54, 1.807) is 16.8 Å². The van der Waals surface area contributed by atoms with Gasteiger partial charge in [-0.3, -0.25) is 14.3 Å². The van der Waals surface area contributed by atoms with Gasteiger partial charge in [-0.05, 0) is 69.4 Å². The van der Waals surface area contributed by atoms with E-state index < -0.39 is 5.97 Å². The van der Waals surface area contributed by atoms with Crippen LogP contribution in [0.15, 0.2) is 30.5 Å². The Morgan fingerprint density at radius 3 is 2.68 bits per heavy atom. The van der Waals surface area contributed by atoms with Gasteiger partial charge in [0.05, 0.1) is 23.6 Å². The fourth-order valence-electron chi connectivity index (χ4n) is 4.37. The molecule has 0 saturated carbocycles. The summed E-state index contributed by atoms with van der Waals surface area (Å²) in [5, 5.41) is 21.0. The van der Waals surface area contributed by atoms with E-state index in [9.17, 15) is 9.59 Å². The Morgan fingerprint density at radius 1 is 1.23 bits per heavy atom. The van der Waals surface area contributed by atoms with Crippen molar-refractivity contribution in [2.24, 2.45) is 7.05 Å². The summed E-state index contributed by atoms with van der Waals surface area (Å²) in [7, 11) is 1.94. The van der Waals surface area contributed by atoms with Crippen LogP contribution in [0.1, 0.15) is 63.9 Å². The topological polar surface area (TPSA) is 102 Å². The molecule has 0 saturated heterocycles. The number of carboxylic acids is 1. The highest BCUT2D eigenvalue weighted by atomic mass is 16.4. The molecule has 1 atom stereocenters. The summed E-state index contributed by atoms with van der Waals surface area (Å²) < 4.78 is 3.69. The van der Waals surface area contributed by atoms with Crippen molar-refractivity contribution in [3.05, 3.63) is 64.2 Å². The van der Waals surface area contributed by atoms with Gasteiger partial charge in [0.1, 0.15) is 0 Å². The zero-order valence-electron chi connectivity index (χ0n) is 18.1. The maximum absolute atomic E-state index is 12.8. The summed E-state index contributed by atoms with van der Waals surface area (Å²) in [6.07, 6.45) is 5.31. The molecule has 1 aromatic carbocycles. The first kappa shape index (κ1) is 20.8. The van der Waals surface area contributed by atoms with Gasteiger partial charge in [-0.2, -0.15) is 10.2 Å². The van der Waals surface area contributed by atoms with Crippen LogP contribution in [0, 0.1) is 13.8 Å². The van der Waals surface area contributed by atoms with Gasteiger partial charge in [0.15, 0.2) is 0 Å². The van der Waals surface area contributed by atoms with Gasteiger partial charge in [0.25, 0.3) is 5.91 Å². The molecule has 4 rings (SSSR count). The summed E-state index contributed by atoms with van der Waals surface area (Å²) in [4.78, 5) is 23.8. The first-order valence-electron chi connectivity index (χ1n) is 10.5. The third-order valence-corrected chi connectivity index (χ3v) is 6.09. The Labute approximate surface area is 180 Å². The SMILES string of the molecule is Cc1nn(-c2ccc(C(=O)N[C@@H]3CCCc4c3cnn4C)cc2)c(C)c1CCC(=O)O. The van der Waals surface area contributed by atoms with Crippen molar-refractivity contribution >= 4 is 11.9 Å². The highest BCUT2D eigenvalue weighted by molar-refractivity contribution is 5.94. The van der Waals surface area contributed by atoms with Crippen LogP contribution in [-0.4, -0.2) is 36.5 Å². The van der Waals surface area contributed by atoms with Crippen molar-refractivity contribution in [1.29, 1.82) is 0 Å². The molecule has 8 nitrogen and oxygen atoms in total. The number of aryl methyl sites for hydroxylation is 2. The van der Waals surface area contributed by atoms with Gasteiger partial charge < -0.3 is 10.4 Å². The summed E-state index contributed by atoms with van der Waals surface area (Å²) in [6, 6.07) is 7.31. The quantitative estimate of drug-likeness (QED) is 0.637. The monoisotopic (exact) mass is 421 g/mol. The summed E-state index contributed by atoms with van der Waals surface area (Å²) in [5.41, 5.74) is 6.42. The second-order valence-corrected chi connectivity index (χ2v) is 8.09. The first-order valence-corrected chi connectivity index (χ1v) is 10.5. The number of aromatic nitrogens is 4. The molecule has 2 heterocycles. The molecule has 31 heavy (non-hydrogen) atoms. The van der Waals surface area contributed by atoms with E-state index in [0.717, 1.165) is 47.5 Å². The van der Waals surface area contributed by atoms with Crippen molar-refractivity contribution in [3.63, 3.8) is 0 Å². The summed E-state index contributed by atoms with van der Waals surface area (Å²) in [6.45, 7) is 3.83. The molecule has 162 valence electrons. The molecule has 3 aromatic rings. The Kier molecular flexibility index (Phi) is 5.63. The largest absolute Gasteiger partial charge is 0.481 e. The van der Waals surface area contributed by atoms with E-state index in [1.807, 2.05) is 43.9 Å². The van der Waals surface area contributed by atoms with Gasteiger partial charge in [-0.1, -0.05) is 0 Å². The molecule has 0 unspecified atom stereocenters. The molecule has 1 aliphatic rings. The highest BCUT2D eigenvalue weighted by Gasteiger charge is 2.25. The Morgan fingerprint density at radius 2 is 1.97 bits per heavy atom. The number of nitrogens with zero attached hydrogens (tertiary/aromatic N) is 4. The Balaban J connectivity index is 1.49. The second-order valence-electron chi connectivity index (χ2n) is 8.09. The van der Waals surface area contributed by atoms with Crippen molar-refractivity contribution in [2.45, 2.75) is 52.0 Å². The minimum atomic E-state index is -0.821. The van der Waals surface area contributed by atoms with Crippen LogP contribution < -0.4 is 5.32 Å². The number of carboxylic acid groups (broad SMARTS) is 1. The predicted octanol–water partition coefficient (Wildman–Crippen LogP) is 3.05. The molecule has 1 amide bonds. The number of hydrogen-bond donors (Lipinski definition) is 2. The van der Waals surface area contributed by atoms with E-state index in [0.29, 0.717) is 12.0 Å². The van der Waals surface area contributed by atoms with Crippen LogP contribution in [-0.2, 0) is 24.7 Å². The van der Waals surface area contributed by atoms with Crippen LogP contribution in [0.3, 0.4) is 0 Å². The molecular formula is C23H27N5O3. The smallest absolute Gasteiger partial charge is 0.303 e. The molecule has 0 spiro atoms. The lowest BCUT2D eigenvalue weighted by atomic mass is 9.93. The number of benzene rings is 1. The molecule has 0 fully saturated rings. The number of aliphatic carboxylic acids is 1. The van der Waals surface area contributed by atoms with E-state index in [4.69, 9.17) is 5.11 Å². The van der Waals surface area contributed by atoms with Crippen LogP contribution in [0.5, 0.6) is 0 Å². The normalized spacial score (nSPS) is 15.5. The molecule has 2 N–H and O–H groups in total. The highest BCUT2D eigenvalue weighted by Crippen LogP contribution is 2.29. The third kappa shape index (κ3) is 4.10. The van der Waals surface area contributed by atoms with E-state index in [1.165, 1.54) is 5.69 Å². The molecule has 0 radical (unpaired) electrons. The number of carbonyl (C=O) groups is 2. The molecule has 2 aromatic heterocycles. The zero-order valence-corrected chi connectivity index (χ0v) is 18.1. The number of carbonyl (C=O) groups excluding carboxylic acids is 1.